The number of benzene rings is 1. The Bertz CT molecular complexity index is 597. The maximum absolute atomic E-state index is 12.4. The first-order valence-corrected chi connectivity index (χ1v) is 6.64. The zero-order valence-electron chi connectivity index (χ0n) is 11.0. The van der Waals surface area contributed by atoms with Gasteiger partial charge in [0.05, 0.1) is 12.1 Å². The molecule has 1 unspecified atom stereocenters. The topological polar surface area (TPSA) is 54.1 Å². The van der Waals surface area contributed by atoms with E-state index >= 15 is 0 Å². The van der Waals surface area contributed by atoms with Crippen LogP contribution in [0.1, 0.15) is 30.1 Å². The first kappa shape index (κ1) is 12.2. The lowest BCUT2D eigenvalue weighted by Crippen LogP contribution is -2.51. The second-order valence-electron chi connectivity index (χ2n) is 5.42. The van der Waals surface area contributed by atoms with Gasteiger partial charge in [0.15, 0.2) is 0 Å². The highest BCUT2D eigenvalue weighted by atomic mass is 16.5. The molecule has 1 aromatic carbocycles. The van der Waals surface area contributed by atoms with Crippen LogP contribution in [0.4, 0.5) is 0 Å². The molecule has 19 heavy (non-hydrogen) atoms. The van der Waals surface area contributed by atoms with Crippen molar-refractivity contribution in [2.45, 2.75) is 25.3 Å². The van der Waals surface area contributed by atoms with Crippen LogP contribution in [0.15, 0.2) is 30.5 Å². The fraction of sp³-hybridized carbons (Fsp3) is 0.400. The van der Waals surface area contributed by atoms with Crippen molar-refractivity contribution in [3.63, 3.8) is 0 Å². The lowest BCUT2D eigenvalue weighted by atomic mass is 9.94. The Morgan fingerprint density at radius 1 is 1.42 bits per heavy atom. The van der Waals surface area contributed by atoms with Crippen LogP contribution in [-0.4, -0.2) is 29.6 Å². The van der Waals surface area contributed by atoms with Crippen LogP contribution in [0, 0.1) is 0 Å². The van der Waals surface area contributed by atoms with Gasteiger partial charge in [-0.15, -0.1) is 0 Å². The van der Waals surface area contributed by atoms with E-state index < -0.39 is 0 Å². The summed E-state index contributed by atoms with van der Waals surface area (Å²) < 4.78 is 5.47. The predicted molar refractivity (Wildman–Crippen MR) is 74.2 cm³/mol. The van der Waals surface area contributed by atoms with E-state index in [-0.39, 0.29) is 11.4 Å². The SMILES string of the molecule is CC1(NC(=O)c2cccc3[nH]ccc23)CCCOC1. The van der Waals surface area contributed by atoms with Gasteiger partial charge in [0.25, 0.3) is 5.91 Å². The number of aromatic nitrogens is 1. The Morgan fingerprint density at radius 2 is 2.32 bits per heavy atom. The fourth-order valence-electron chi connectivity index (χ4n) is 2.66. The second kappa shape index (κ2) is 4.70. The molecule has 1 aliphatic heterocycles. The summed E-state index contributed by atoms with van der Waals surface area (Å²) in [7, 11) is 0. The summed E-state index contributed by atoms with van der Waals surface area (Å²) in [5.74, 6) is -0.0294. The molecule has 1 fully saturated rings. The zero-order chi connectivity index (χ0) is 13.3. The number of aromatic amines is 1. The molecular weight excluding hydrogens is 240 g/mol. The number of carbonyl (C=O) groups excluding carboxylic acids is 1. The number of amides is 1. The number of nitrogens with one attached hydrogen (secondary N) is 2. The number of ether oxygens (including phenoxy) is 1. The third-order valence-corrected chi connectivity index (χ3v) is 3.69. The number of H-pyrrole nitrogens is 1. The van der Waals surface area contributed by atoms with E-state index in [0.29, 0.717) is 12.2 Å². The minimum absolute atomic E-state index is 0.0294. The van der Waals surface area contributed by atoms with Crippen LogP contribution >= 0.6 is 0 Å². The molecule has 3 rings (SSSR count). The van der Waals surface area contributed by atoms with Crippen molar-refractivity contribution in [2.24, 2.45) is 0 Å². The molecule has 4 heteroatoms. The van der Waals surface area contributed by atoms with Gasteiger partial charge in [-0.3, -0.25) is 4.79 Å². The molecule has 0 aliphatic carbocycles. The smallest absolute Gasteiger partial charge is 0.252 e. The average molecular weight is 258 g/mol. The monoisotopic (exact) mass is 258 g/mol. The molecular formula is C15H18N2O2. The molecule has 1 aromatic heterocycles. The molecule has 4 nitrogen and oxygen atoms in total. The minimum atomic E-state index is -0.256. The Hall–Kier alpha value is -1.81. The van der Waals surface area contributed by atoms with Gasteiger partial charge in [-0.1, -0.05) is 6.07 Å². The quantitative estimate of drug-likeness (QED) is 0.869. The largest absolute Gasteiger partial charge is 0.379 e. The van der Waals surface area contributed by atoms with E-state index in [1.54, 1.807) is 0 Å². The van der Waals surface area contributed by atoms with Gasteiger partial charge in [-0.2, -0.15) is 0 Å². The van der Waals surface area contributed by atoms with Crippen LogP contribution in [-0.2, 0) is 4.74 Å². The number of rotatable bonds is 2. The molecule has 100 valence electrons. The summed E-state index contributed by atoms with van der Waals surface area (Å²) in [6, 6.07) is 7.66. The Labute approximate surface area is 112 Å². The van der Waals surface area contributed by atoms with Gasteiger partial charge in [-0.05, 0) is 38.0 Å². The zero-order valence-corrected chi connectivity index (χ0v) is 11.0. The van der Waals surface area contributed by atoms with Crippen LogP contribution < -0.4 is 5.32 Å². The van der Waals surface area contributed by atoms with E-state index in [2.05, 4.69) is 10.3 Å². The van der Waals surface area contributed by atoms with Gasteiger partial charge < -0.3 is 15.0 Å². The molecule has 1 amide bonds. The number of hydrogen-bond acceptors (Lipinski definition) is 2. The number of hydrogen-bond donors (Lipinski definition) is 2. The maximum Gasteiger partial charge on any atom is 0.252 e. The number of fused-ring (bicyclic) bond motifs is 1. The van der Waals surface area contributed by atoms with E-state index in [1.807, 2.05) is 37.4 Å². The number of carbonyl (C=O) groups is 1. The summed E-state index contributed by atoms with van der Waals surface area (Å²) in [5.41, 5.74) is 1.44. The van der Waals surface area contributed by atoms with Crippen molar-refractivity contribution >= 4 is 16.8 Å². The predicted octanol–water partition coefficient (Wildman–Crippen LogP) is 2.47. The van der Waals surface area contributed by atoms with Gasteiger partial charge >= 0.3 is 0 Å². The van der Waals surface area contributed by atoms with Crippen LogP contribution in [0.25, 0.3) is 10.9 Å². The van der Waals surface area contributed by atoms with Crippen molar-refractivity contribution in [3.8, 4) is 0 Å². The molecule has 2 N–H and O–H groups in total. The van der Waals surface area contributed by atoms with Crippen LogP contribution in [0.2, 0.25) is 0 Å². The fourth-order valence-corrected chi connectivity index (χ4v) is 2.66. The summed E-state index contributed by atoms with van der Waals surface area (Å²) in [6.45, 7) is 3.42. The highest BCUT2D eigenvalue weighted by Gasteiger charge is 2.29. The van der Waals surface area contributed by atoms with E-state index in [1.165, 1.54) is 0 Å². The Morgan fingerprint density at radius 3 is 3.11 bits per heavy atom. The van der Waals surface area contributed by atoms with Gasteiger partial charge in [0.2, 0.25) is 0 Å². The molecule has 1 saturated heterocycles. The Kier molecular flexibility index (Phi) is 3.03. The van der Waals surface area contributed by atoms with Crippen LogP contribution in [0.3, 0.4) is 0 Å². The second-order valence-corrected chi connectivity index (χ2v) is 5.42. The highest BCUT2D eigenvalue weighted by Crippen LogP contribution is 2.21. The van der Waals surface area contributed by atoms with Gasteiger partial charge in [0, 0.05) is 29.3 Å². The van der Waals surface area contributed by atoms with Crippen molar-refractivity contribution in [3.05, 3.63) is 36.0 Å². The van der Waals surface area contributed by atoms with Crippen molar-refractivity contribution < 1.29 is 9.53 Å². The van der Waals surface area contributed by atoms with E-state index in [0.717, 1.165) is 30.4 Å². The van der Waals surface area contributed by atoms with Gasteiger partial charge in [-0.25, -0.2) is 0 Å². The molecule has 1 atom stereocenters. The third kappa shape index (κ3) is 2.36. The van der Waals surface area contributed by atoms with Crippen molar-refractivity contribution in [1.82, 2.24) is 10.3 Å². The van der Waals surface area contributed by atoms with Gasteiger partial charge in [0.1, 0.15) is 0 Å². The molecule has 1 aliphatic rings. The molecule has 2 heterocycles. The summed E-state index contributed by atoms with van der Waals surface area (Å²) in [6.07, 6.45) is 3.81. The lowest BCUT2D eigenvalue weighted by molar-refractivity contribution is 0.0273. The summed E-state index contributed by atoms with van der Waals surface area (Å²) >= 11 is 0. The molecule has 0 radical (unpaired) electrons. The van der Waals surface area contributed by atoms with E-state index in [4.69, 9.17) is 4.74 Å². The minimum Gasteiger partial charge on any atom is -0.379 e. The van der Waals surface area contributed by atoms with Crippen LogP contribution in [0.5, 0.6) is 0 Å². The summed E-state index contributed by atoms with van der Waals surface area (Å²) in [4.78, 5) is 15.6. The normalized spacial score (nSPS) is 23.4. The average Bonchev–Trinajstić information content (AvgIpc) is 2.86. The molecule has 0 spiro atoms. The lowest BCUT2D eigenvalue weighted by Gasteiger charge is -2.34. The first-order valence-electron chi connectivity index (χ1n) is 6.64. The van der Waals surface area contributed by atoms with Crippen molar-refractivity contribution in [2.75, 3.05) is 13.2 Å². The third-order valence-electron chi connectivity index (χ3n) is 3.69. The van der Waals surface area contributed by atoms with Crippen molar-refractivity contribution in [1.29, 1.82) is 0 Å². The highest BCUT2D eigenvalue weighted by molar-refractivity contribution is 6.06. The first-order chi connectivity index (χ1) is 9.18. The Balaban J connectivity index is 1.85. The maximum atomic E-state index is 12.4. The molecule has 0 saturated carbocycles. The molecule has 0 bridgehead atoms. The molecule has 2 aromatic rings. The van der Waals surface area contributed by atoms with E-state index in [9.17, 15) is 4.79 Å². The standard InChI is InChI=1S/C15H18N2O2/c1-15(7-3-9-19-10-15)17-14(18)12-4-2-5-13-11(12)6-8-16-13/h2,4-6,8,16H,3,7,9-10H2,1H3,(H,17,18). The summed E-state index contributed by atoms with van der Waals surface area (Å²) in [5, 5.41) is 4.07.